The summed E-state index contributed by atoms with van der Waals surface area (Å²) in [5.41, 5.74) is 0. The van der Waals surface area contributed by atoms with Crippen molar-refractivity contribution in [1.29, 1.82) is 0 Å². The van der Waals surface area contributed by atoms with Crippen molar-refractivity contribution in [3.8, 4) is 0 Å². The second-order valence-electron chi connectivity index (χ2n) is 3.74. The molecule has 1 aromatic heterocycles. The van der Waals surface area contributed by atoms with Crippen molar-refractivity contribution >= 4 is 27.3 Å². The molecule has 1 aliphatic rings. The third kappa shape index (κ3) is 2.79. The summed E-state index contributed by atoms with van der Waals surface area (Å²) >= 11 is 5.15. The molecular weight excluding hydrogens is 278 g/mol. The van der Waals surface area contributed by atoms with Crippen LogP contribution in [0.3, 0.4) is 0 Å². The van der Waals surface area contributed by atoms with Crippen molar-refractivity contribution < 1.29 is 9.84 Å². The number of aliphatic hydroxyl groups is 1. The number of thiophene rings is 1. The second-order valence-corrected chi connectivity index (χ2v) is 6.24. The zero-order valence-corrected chi connectivity index (χ0v) is 10.8. The Morgan fingerprint density at radius 3 is 2.93 bits per heavy atom. The Morgan fingerprint density at radius 2 is 2.40 bits per heavy atom. The fraction of sp³-hybridized carbons (Fsp3) is 0.600. The highest BCUT2D eigenvalue weighted by atomic mass is 79.9. The summed E-state index contributed by atoms with van der Waals surface area (Å²) in [6, 6.07) is 4.44. The molecule has 0 spiro atoms. The first-order chi connectivity index (χ1) is 7.16. The number of halogens is 1. The van der Waals surface area contributed by atoms with Crippen LogP contribution in [0.1, 0.15) is 17.8 Å². The fourth-order valence-corrected chi connectivity index (χ4v) is 3.10. The Morgan fingerprint density at radius 1 is 1.60 bits per heavy atom. The highest BCUT2D eigenvalue weighted by Gasteiger charge is 2.27. The van der Waals surface area contributed by atoms with Gasteiger partial charge in [0.2, 0.25) is 0 Å². The first-order valence-corrected chi connectivity index (χ1v) is 6.55. The molecule has 0 aliphatic carbocycles. The van der Waals surface area contributed by atoms with Gasteiger partial charge >= 0.3 is 0 Å². The molecule has 3 unspecified atom stereocenters. The lowest BCUT2D eigenvalue weighted by Crippen LogP contribution is -2.39. The monoisotopic (exact) mass is 291 g/mol. The highest BCUT2D eigenvalue weighted by molar-refractivity contribution is 9.11. The minimum Gasteiger partial charge on any atom is -0.389 e. The van der Waals surface area contributed by atoms with E-state index in [1.807, 2.05) is 6.07 Å². The van der Waals surface area contributed by atoms with Crippen LogP contribution in [0.4, 0.5) is 0 Å². The summed E-state index contributed by atoms with van der Waals surface area (Å²) in [5.74, 6) is 0. The summed E-state index contributed by atoms with van der Waals surface area (Å²) in [6.07, 6.45) is -0.379. The fourth-order valence-electron chi connectivity index (χ4n) is 1.67. The van der Waals surface area contributed by atoms with Gasteiger partial charge in [0.15, 0.2) is 0 Å². The Bertz CT molecular complexity index is 331. The van der Waals surface area contributed by atoms with E-state index in [0.717, 1.165) is 3.79 Å². The van der Waals surface area contributed by atoms with Gasteiger partial charge in [0.1, 0.15) is 0 Å². The maximum atomic E-state index is 9.60. The molecular formula is C10H14BrNO2S. The zero-order chi connectivity index (χ0) is 10.8. The van der Waals surface area contributed by atoms with Gasteiger partial charge in [-0.25, -0.2) is 0 Å². The smallest absolute Gasteiger partial charge is 0.0948 e. The summed E-state index contributed by atoms with van der Waals surface area (Å²) in [4.78, 5) is 1.26. The minimum absolute atomic E-state index is 0.0564. The number of hydrogen-bond donors (Lipinski definition) is 2. The van der Waals surface area contributed by atoms with Gasteiger partial charge in [-0.2, -0.15) is 0 Å². The first-order valence-electron chi connectivity index (χ1n) is 4.94. The van der Waals surface area contributed by atoms with Crippen molar-refractivity contribution in [2.45, 2.75) is 25.1 Å². The molecule has 5 heteroatoms. The van der Waals surface area contributed by atoms with Crippen LogP contribution < -0.4 is 5.32 Å². The molecule has 84 valence electrons. The van der Waals surface area contributed by atoms with Crippen molar-refractivity contribution in [3.63, 3.8) is 0 Å². The average Bonchev–Trinajstić information content (AvgIpc) is 2.77. The van der Waals surface area contributed by atoms with Crippen LogP contribution in [0, 0.1) is 0 Å². The Labute approximate surface area is 102 Å². The molecule has 1 aliphatic heterocycles. The molecule has 0 bridgehead atoms. The lowest BCUT2D eigenvalue weighted by atomic mass is 10.1. The van der Waals surface area contributed by atoms with Gasteiger partial charge in [0.25, 0.3) is 0 Å². The molecule has 3 nitrogen and oxygen atoms in total. The number of rotatable bonds is 3. The van der Waals surface area contributed by atoms with Gasteiger partial charge in [0.05, 0.1) is 29.1 Å². The number of aliphatic hydroxyl groups excluding tert-OH is 1. The SMILES string of the molecule is CC(NC1COCC1O)c1ccc(Br)s1. The molecule has 1 saturated heterocycles. The van der Waals surface area contributed by atoms with Gasteiger partial charge in [-0.05, 0) is 35.0 Å². The molecule has 1 aromatic rings. The maximum absolute atomic E-state index is 9.60. The van der Waals surface area contributed by atoms with Gasteiger partial charge in [-0.1, -0.05) is 0 Å². The van der Waals surface area contributed by atoms with Crippen LogP contribution in [0.2, 0.25) is 0 Å². The van der Waals surface area contributed by atoms with Crippen molar-refractivity contribution in [3.05, 3.63) is 20.8 Å². The predicted molar refractivity (Wildman–Crippen MR) is 64.2 cm³/mol. The molecule has 2 heterocycles. The molecule has 0 aromatic carbocycles. The number of ether oxygens (including phenoxy) is 1. The molecule has 1 fully saturated rings. The Kier molecular flexibility index (Phi) is 3.79. The van der Waals surface area contributed by atoms with E-state index in [1.165, 1.54) is 4.88 Å². The zero-order valence-electron chi connectivity index (χ0n) is 8.44. The van der Waals surface area contributed by atoms with E-state index in [9.17, 15) is 5.11 Å². The van der Waals surface area contributed by atoms with E-state index in [4.69, 9.17) is 4.74 Å². The normalized spacial score (nSPS) is 28.2. The van der Waals surface area contributed by atoms with Crippen molar-refractivity contribution in [2.75, 3.05) is 13.2 Å². The van der Waals surface area contributed by atoms with E-state index in [1.54, 1.807) is 11.3 Å². The molecule has 2 N–H and O–H groups in total. The van der Waals surface area contributed by atoms with Gasteiger partial charge in [-0.15, -0.1) is 11.3 Å². The highest BCUT2D eigenvalue weighted by Crippen LogP contribution is 2.27. The van der Waals surface area contributed by atoms with Crippen molar-refractivity contribution in [2.24, 2.45) is 0 Å². The van der Waals surface area contributed by atoms with E-state index in [0.29, 0.717) is 13.2 Å². The van der Waals surface area contributed by atoms with Crippen molar-refractivity contribution in [1.82, 2.24) is 5.32 Å². The minimum atomic E-state index is -0.379. The van der Waals surface area contributed by atoms with Gasteiger partial charge < -0.3 is 15.2 Å². The molecule has 0 saturated carbocycles. The summed E-state index contributed by atoms with van der Waals surface area (Å²) < 4.78 is 6.33. The summed E-state index contributed by atoms with van der Waals surface area (Å²) in [6.45, 7) is 3.14. The third-order valence-corrected chi connectivity index (χ3v) is 4.34. The first kappa shape index (κ1) is 11.5. The quantitative estimate of drug-likeness (QED) is 0.894. The van der Waals surface area contributed by atoms with Crippen LogP contribution in [0.15, 0.2) is 15.9 Å². The topological polar surface area (TPSA) is 41.5 Å². The lowest BCUT2D eigenvalue weighted by Gasteiger charge is -2.19. The largest absolute Gasteiger partial charge is 0.389 e. The number of nitrogens with one attached hydrogen (secondary N) is 1. The number of hydrogen-bond acceptors (Lipinski definition) is 4. The molecule has 0 amide bonds. The van der Waals surface area contributed by atoms with Gasteiger partial charge in [0, 0.05) is 10.9 Å². The van der Waals surface area contributed by atoms with Crippen LogP contribution in [-0.2, 0) is 4.74 Å². The van der Waals surface area contributed by atoms with Gasteiger partial charge in [-0.3, -0.25) is 0 Å². The molecule has 3 atom stereocenters. The standard InChI is InChI=1S/C10H14BrNO2S/c1-6(9-2-3-10(11)15-9)12-7-4-14-5-8(7)13/h2-3,6-8,12-13H,4-5H2,1H3. The lowest BCUT2D eigenvalue weighted by molar-refractivity contribution is 0.121. The summed E-state index contributed by atoms with van der Waals surface area (Å²) in [7, 11) is 0. The van der Waals surface area contributed by atoms with Crippen LogP contribution in [0.5, 0.6) is 0 Å². The summed E-state index contributed by atoms with van der Waals surface area (Å²) in [5, 5.41) is 13.0. The van der Waals surface area contributed by atoms with E-state index < -0.39 is 0 Å². The van der Waals surface area contributed by atoms with Crippen LogP contribution in [-0.4, -0.2) is 30.5 Å². The van der Waals surface area contributed by atoms with Crippen LogP contribution in [0.25, 0.3) is 0 Å². The average molecular weight is 292 g/mol. The second kappa shape index (κ2) is 4.93. The Hall–Kier alpha value is 0.0600. The molecule has 15 heavy (non-hydrogen) atoms. The van der Waals surface area contributed by atoms with Crippen LogP contribution >= 0.6 is 27.3 Å². The predicted octanol–water partition coefficient (Wildman–Crippen LogP) is 1.92. The maximum Gasteiger partial charge on any atom is 0.0948 e. The van der Waals surface area contributed by atoms with E-state index in [2.05, 4.69) is 34.2 Å². The van der Waals surface area contributed by atoms with E-state index in [-0.39, 0.29) is 18.2 Å². The van der Waals surface area contributed by atoms with E-state index >= 15 is 0 Å². The molecule has 0 radical (unpaired) electrons. The molecule has 2 rings (SSSR count). The third-order valence-electron chi connectivity index (χ3n) is 2.54. The Balaban J connectivity index is 1.94.